The van der Waals surface area contributed by atoms with Crippen LogP contribution in [0.2, 0.25) is 0 Å². The van der Waals surface area contributed by atoms with E-state index < -0.39 is 0 Å². The van der Waals surface area contributed by atoms with Crippen molar-refractivity contribution >= 4 is 12.0 Å². The van der Waals surface area contributed by atoms with E-state index in [0.29, 0.717) is 11.5 Å². The first-order chi connectivity index (χ1) is 11.0. The summed E-state index contributed by atoms with van der Waals surface area (Å²) < 4.78 is 13.5. The van der Waals surface area contributed by atoms with Gasteiger partial charge in [-0.05, 0) is 36.1 Å². The van der Waals surface area contributed by atoms with Gasteiger partial charge in [0.15, 0.2) is 0 Å². The Morgan fingerprint density at radius 2 is 1.61 bits per heavy atom. The highest BCUT2D eigenvalue weighted by molar-refractivity contribution is 5.92. The molecule has 0 radical (unpaired) electrons. The number of rotatable bonds is 5. The SMILES string of the molecule is CC(C)c1ccc([C@@H](C)NC(=O)/C=C/c2ccccc2F)cc1. The van der Waals surface area contributed by atoms with Crippen molar-refractivity contribution in [2.75, 3.05) is 0 Å². The number of carbonyl (C=O) groups is 1. The molecule has 1 amide bonds. The standard InChI is InChI=1S/C20H22FNO/c1-14(2)16-8-10-17(11-9-16)15(3)22-20(23)13-12-18-6-4-5-7-19(18)21/h4-15H,1-3H3,(H,22,23)/b13-12+/t15-/m1/s1. The van der Waals surface area contributed by atoms with Crippen molar-refractivity contribution in [2.24, 2.45) is 0 Å². The van der Waals surface area contributed by atoms with Crippen LogP contribution >= 0.6 is 0 Å². The van der Waals surface area contributed by atoms with Gasteiger partial charge in [0, 0.05) is 11.6 Å². The Kier molecular flexibility index (Phi) is 5.69. The summed E-state index contributed by atoms with van der Waals surface area (Å²) in [5.41, 5.74) is 2.71. The summed E-state index contributed by atoms with van der Waals surface area (Å²) in [5.74, 6) is -0.0970. The molecule has 120 valence electrons. The van der Waals surface area contributed by atoms with Gasteiger partial charge in [-0.15, -0.1) is 0 Å². The molecular formula is C20H22FNO. The van der Waals surface area contributed by atoms with Crippen molar-refractivity contribution in [1.29, 1.82) is 0 Å². The van der Waals surface area contributed by atoms with E-state index in [1.54, 1.807) is 18.2 Å². The van der Waals surface area contributed by atoms with Crippen LogP contribution in [0.1, 0.15) is 49.4 Å². The predicted molar refractivity (Wildman–Crippen MR) is 92.5 cm³/mol. The molecule has 23 heavy (non-hydrogen) atoms. The molecular weight excluding hydrogens is 289 g/mol. The number of carbonyl (C=O) groups excluding carboxylic acids is 1. The first-order valence-corrected chi connectivity index (χ1v) is 7.80. The normalized spacial score (nSPS) is 12.6. The van der Waals surface area contributed by atoms with E-state index in [0.717, 1.165) is 5.56 Å². The molecule has 0 saturated carbocycles. The maximum atomic E-state index is 13.5. The molecule has 0 aliphatic rings. The second kappa shape index (κ2) is 7.73. The number of nitrogens with one attached hydrogen (secondary N) is 1. The third-order valence-corrected chi connectivity index (χ3v) is 3.78. The minimum Gasteiger partial charge on any atom is -0.346 e. The van der Waals surface area contributed by atoms with Gasteiger partial charge in [-0.3, -0.25) is 4.79 Å². The highest BCUT2D eigenvalue weighted by Crippen LogP contribution is 2.18. The quantitative estimate of drug-likeness (QED) is 0.787. The van der Waals surface area contributed by atoms with Gasteiger partial charge >= 0.3 is 0 Å². The molecule has 0 spiro atoms. The van der Waals surface area contributed by atoms with E-state index in [1.165, 1.54) is 23.8 Å². The molecule has 0 aromatic heterocycles. The van der Waals surface area contributed by atoms with Gasteiger partial charge < -0.3 is 5.32 Å². The lowest BCUT2D eigenvalue weighted by Gasteiger charge is -2.14. The Labute approximate surface area is 137 Å². The third kappa shape index (κ3) is 4.78. The van der Waals surface area contributed by atoms with Crippen molar-refractivity contribution in [3.05, 3.63) is 77.1 Å². The van der Waals surface area contributed by atoms with Crippen molar-refractivity contribution in [3.8, 4) is 0 Å². The summed E-state index contributed by atoms with van der Waals surface area (Å²) in [6, 6.07) is 14.5. The molecule has 1 atom stereocenters. The fourth-order valence-electron chi connectivity index (χ4n) is 2.29. The largest absolute Gasteiger partial charge is 0.346 e. The summed E-state index contributed by atoms with van der Waals surface area (Å²) in [5, 5.41) is 2.89. The Morgan fingerprint density at radius 3 is 2.22 bits per heavy atom. The molecule has 0 heterocycles. The number of amides is 1. The molecule has 2 aromatic rings. The van der Waals surface area contributed by atoms with E-state index in [2.05, 4.69) is 31.3 Å². The molecule has 2 aromatic carbocycles. The summed E-state index contributed by atoms with van der Waals surface area (Å²) in [4.78, 5) is 12.0. The van der Waals surface area contributed by atoms with Gasteiger partial charge in [-0.2, -0.15) is 0 Å². The van der Waals surface area contributed by atoms with Gasteiger partial charge in [0.1, 0.15) is 5.82 Å². The number of halogens is 1. The molecule has 0 bridgehead atoms. The van der Waals surface area contributed by atoms with Crippen LogP contribution in [-0.2, 0) is 4.79 Å². The first-order valence-electron chi connectivity index (χ1n) is 7.80. The average molecular weight is 311 g/mol. The van der Waals surface area contributed by atoms with E-state index in [4.69, 9.17) is 0 Å². The monoisotopic (exact) mass is 311 g/mol. The van der Waals surface area contributed by atoms with Gasteiger partial charge in [0.25, 0.3) is 0 Å². The summed E-state index contributed by atoms with van der Waals surface area (Å²) in [6.45, 7) is 6.22. The summed E-state index contributed by atoms with van der Waals surface area (Å²) in [6.07, 6.45) is 2.84. The van der Waals surface area contributed by atoms with Crippen LogP contribution in [0.4, 0.5) is 4.39 Å². The van der Waals surface area contributed by atoms with Gasteiger partial charge in [-0.25, -0.2) is 4.39 Å². The van der Waals surface area contributed by atoms with Crippen molar-refractivity contribution < 1.29 is 9.18 Å². The van der Waals surface area contributed by atoms with Gasteiger partial charge in [-0.1, -0.05) is 56.3 Å². The van der Waals surface area contributed by atoms with E-state index >= 15 is 0 Å². The Hall–Kier alpha value is -2.42. The zero-order valence-corrected chi connectivity index (χ0v) is 13.7. The lowest BCUT2D eigenvalue weighted by Crippen LogP contribution is -2.24. The van der Waals surface area contributed by atoms with Crippen molar-refractivity contribution in [2.45, 2.75) is 32.7 Å². The Bertz CT molecular complexity index is 689. The predicted octanol–water partition coefficient (Wildman–Crippen LogP) is 4.84. The topological polar surface area (TPSA) is 29.1 Å². The second-order valence-corrected chi connectivity index (χ2v) is 5.91. The van der Waals surface area contributed by atoms with E-state index in [-0.39, 0.29) is 17.8 Å². The molecule has 3 heteroatoms. The third-order valence-electron chi connectivity index (χ3n) is 3.78. The molecule has 1 N–H and O–H groups in total. The number of benzene rings is 2. The van der Waals surface area contributed by atoms with Crippen LogP contribution in [0.5, 0.6) is 0 Å². The minimum atomic E-state index is -0.339. The summed E-state index contributed by atoms with van der Waals surface area (Å²) in [7, 11) is 0. The van der Waals surface area contributed by atoms with Gasteiger partial charge in [0.2, 0.25) is 5.91 Å². The first kappa shape index (κ1) is 16.9. The highest BCUT2D eigenvalue weighted by atomic mass is 19.1. The zero-order chi connectivity index (χ0) is 16.8. The van der Waals surface area contributed by atoms with Crippen LogP contribution in [0.15, 0.2) is 54.6 Å². The molecule has 2 nitrogen and oxygen atoms in total. The molecule has 2 rings (SSSR count). The lowest BCUT2D eigenvalue weighted by atomic mass is 9.99. The number of hydrogen-bond acceptors (Lipinski definition) is 1. The van der Waals surface area contributed by atoms with E-state index in [9.17, 15) is 9.18 Å². The molecule has 0 aliphatic carbocycles. The van der Waals surface area contributed by atoms with E-state index in [1.807, 2.05) is 19.1 Å². The molecule has 0 unspecified atom stereocenters. The smallest absolute Gasteiger partial charge is 0.244 e. The van der Waals surface area contributed by atoms with Crippen LogP contribution in [0, 0.1) is 5.82 Å². The van der Waals surface area contributed by atoms with Crippen LogP contribution in [0.3, 0.4) is 0 Å². The van der Waals surface area contributed by atoms with Crippen LogP contribution in [-0.4, -0.2) is 5.91 Å². The molecule has 0 aliphatic heterocycles. The van der Waals surface area contributed by atoms with Crippen LogP contribution < -0.4 is 5.32 Å². The maximum Gasteiger partial charge on any atom is 0.244 e. The Morgan fingerprint density at radius 1 is 1.00 bits per heavy atom. The molecule has 0 saturated heterocycles. The van der Waals surface area contributed by atoms with Gasteiger partial charge in [0.05, 0.1) is 6.04 Å². The number of hydrogen-bond donors (Lipinski definition) is 1. The fourth-order valence-corrected chi connectivity index (χ4v) is 2.29. The van der Waals surface area contributed by atoms with Crippen molar-refractivity contribution in [1.82, 2.24) is 5.32 Å². The van der Waals surface area contributed by atoms with Crippen molar-refractivity contribution in [3.63, 3.8) is 0 Å². The Balaban J connectivity index is 1.98. The van der Waals surface area contributed by atoms with Crippen LogP contribution in [0.25, 0.3) is 6.08 Å². The maximum absolute atomic E-state index is 13.5. The minimum absolute atomic E-state index is 0.103. The zero-order valence-electron chi connectivity index (χ0n) is 13.7. The second-order valence-electron chi connectivity index (χ2n) is 5.91. The fraction of sp³-hybridized carbons (Fsp3) is 0.250. The highest BCUT2D eigenvalue weighted by Gasteiger charge is 2.08. The summed E-state index contributed by atoms with van der Waals surface area (Å²) >= 11 is 0. The molecule has 0 fully saturated rings. The average Bonchev–Trinajstić information content (AvgIpc) is 2.54. The lowest BCUT2D eigenvalue weighted by molar-refractivity contribution is -0.117.